The Bertz CT molecular complexity index is 402. The molecule has 1 rings (SSSR count). The van der Waals surface area contributed by atoms with Crippen LogP contribution in [0.4, 0.5) is 0 Å². The van der Waals surface area contributed by atoms with Crippen LogP contribution in [0.2, 0.25) is 0 Å². The normalized spacial score (nSPS) is 12.7. The molecule has 0 aliphatic heterocycles. The van der Waals surface area contributed by atoms with Crippen molar-refractivity contribution in [2.75, 3.05) is 7.05 Å². The fourth-order valence-electron chi connectivity index (χ4n) is 1.12. The molecular formula is C12H15N3. The molecule has 3 nitrogen and oxygen atoms in total. The van der Waals surface area contributed by atoms with Crippen molar-refractivity contribution in [3.8, 4) is 0 Å². The molecule has 78 valence electrons. The van der Waals surface area contributed by atoms with E-state index in [0.717, 1.165) is 5.56 Å². The SMILES string of the molecule is C=C(N=C(C)C(N)=NC)c1ccccc1. The number of hydrogen-bond donors (Lipinski definition) is 1. The van der Waals surface area contributed by atoms with Crippen LogP contribution in [-0.2, 0) is 0 Å². The van der Waals surface area contributed by atoms with Gasteiger partial charge >= 0.3 is 0 Å². The zero-order chi connectivity index (χ0) is 11.3. The van der Waals surface area contributed by atoms with Gasteiger partial charge in [0.25, 0.3) is 0 Å². The monoisotopic (exact) mass is 201 g/mol. The number of rotatable bonds is 3. The van der Waals surface area contributed by atoms with Crippen molar-refractivity contribution < 1.29 is 0 Å². The molecule has 0 aromatic heterocycles. The topological polar surface area (TPSA) is 50.7 Å². The summed E-state index contributed by atoms with van der Waals surface area (Å²) < 4.78 is 0. The molecule has 0 aliphatic carbocycles. The van der Waals surface area contributed by atoms with E-state index < -0.39 is 0 Å². The van der Waals surface area contributed by atoms with Gasteiger partial charge < -0.3 is 5.73 Å². The van der Waals surface area contributed by atoms with E-state index in [1.54, 1.807) is 7.05 Å². The first-order valence-electron chi connectivity index (χ1n) is 4.67. The van der Waals surface area contributed by atoms with Crippen LogP contribution in [0.15, 0.2) is 46.9 Å². The van der Waals surface area contributed by atoms with E-state index in [1.807, 2.05) is 37.3 Å². The van der Waals surface area contributed by atoms with Gasteiger partial charge in [-0.2, -0.15) is 0 Å². The minimum atomic E-state index is 0.437. The van der Waals surface area contributed by atoms with E-state index in [0.29, 0.717) is 17.2 Å². The summed E-state index contributed by atoms with van der Waals surface area (Å²) in [5, 5.41) is 0. The molecule has 0 amide bonds. The van der Waals surface area contributed by atoms with E-state index in [-0.39, 0.29) is 0 Å². The van der Waals surface area contributed by atoms with Crippen LogP contribution in [0, 0.1) is 0 Å². The van der Waals surface area contributed by atoms with Gasteiger partial charge in [0, 0.05) is 7.05 Å². The Labute approximate surface area is 90.1 Å². The first-order chi connectivity index (χ1) is 7.15. The maximum atomic E-state index is 5.62. The quantitative estimate of drug-likeness (QED) is 0.591. The van der Waals surface area contributed by atoms with Crippen LogP contribution >= 0.6 is 0 Å². The zero-order valence-electron chi connectivity index (χ0n) is 9.07. The molecule has 1 aromatic rings. The number of nitrogens with zero attached hydrogens (tertiary/aromatic N) is 2. The lowest BCUT2D eigenvalue weighted by atomic mass is 10.2. The average Bonchev–Trinajstić information content (AvgIpc) is 2.29. The van der Waals surface area contributed by atoms with Gasteiger partial charge in [-0.25, -0.2) is 4.99 Å². The minimum Gasteiger partial charge on any atom is -0.382 e. The summed E-state index contributed by atoms with van der Waals surface area (Å²) in [4.78, 5) is 8.14. The van der Waals surface area contributed by atoms with E-state index in [9.17, 15) is 0 Å². The molecule has 1 aromatic carbocycles. The second-order valence-electron chi connectivity index (χ2n) is 3.12. The molecule has 2 N–H and O–H groups in total. The molecule has 0 spiro atoms. The third kappa shape index (κ3) is 3.06. The summed E-state index contributed by atoms with van der Waals surface area (Å²) in [6.07, 6.45) is 0. The van der Waals surface area contributed by atoms with Gasteiger partial charge in [0.05, 0.1) is 11.4 Å². The molecule has 0 saturated heterocycles. The molecular weight excluding hydrogens is 186 g/mol. The van der Waals surface area contributed by atoms with E-state index >= 15 is 0 Å². The third-order valence-electron chi connectivity index (χ3n) is 2.02. The Morgan fingerprint density at radius 1 is 1.27 bits per heavy atom. The highest BCUT2D eigenvalue weighted by Gasteiger charge is 1.99. The Morgan fingerprint density at radius 2 is 1.87 bits per heavy atom. The van der Waals surface area contributed by atoms with Gasteiger partial charge in [0.2, 0.25) is 0 Å². The van der Waals surface area contributed by atoms with Crippen molar-refractivity contribution in [1.29, 1.82) is 0 Å². The number of hydrogen-bond acceptors (Lipinski definition) is 2. The maximum absolute atomic E-state index is 5.62. The lowest BCUT2D eigenvalue weighted by Crippen LogP contribution is -2.20. The fraction of sp³-hybridized carbons (Fsp3) is 0.167. The molecule has 0 atom stereocenters. The van der Waals surface area contributed by atoms with Gasteiger partial charge in [0.1, 0.15) is 5.84 Å². The predicted molar refractivity (Wildman–Crippen MR) is 66.1 cm³/mol. The molecule has 0 heterocycles. The van der Waals surface area contributed by atoms with Crippen molar-refractivity contribution in [3.63, 3.8) is 0 Å². The van der Waals surface area contributed by atoms with Crippen LogP contribution in [-0.4, -0.2) is 18.6 Å². The lowest BCUT2D eigenvalue weighted by Gasteiger charge is -2.02. The van der Waals surface area contributed by atoms with E-state index in [1.165, 1.54) is 0 Å². The van der Waals surface area contributed by atoms with Crippen molar-refractivity contribution in [3.05, 3.63) is 42.5 Å². The maximum Gasteiger partial charge on any atom is 0.139 e. The summed E-state index contributed by atoms with van der Waals surface area (Å²) >= 11 is 0. The fourth-order valence-corrected chi connectivity index (χ4v) is 1.12. The van der Waals surface area contributed by atoms with Crippen LogP contribution in [0.3, 0.4) is 0 Å². The van der Waals surface area contributed by atoms with Crippen LogP contribution < -0.4 is 5.73 Å². The summed E-state index contributed by atoms with van der Waals surface area (Å²) in [6, 6.07) is 9.76. The first kappa shape index (κ1) is 11.2. The Hall–Kier alpha value is -1.90. The van der Waals surface area contributed by atoms with Crippen molar-refractivity contribution in [2.45, 2.75) is 6.92 Å². The second kappa shape index (κ2) is 5.10. The van der Waals surface area contributed by atoms with Crippen LogP contribution in [0.1, 0.15) is 12.5 Å². The number of nitrogens with two attached hydrogens (primary N) is 1. The Kier molecular flexibility index (Phi) is 3.80. The molecule has 3 heteroatoms. The highest BCUT2D eigenvalue weighted by Crippen LogP contribution is 2.12. The summed E-state index contributed by atoms with van der Waals surface area (Å²) in [6.45, 7) is 5.70. The third-order valence-corrected chi connectivity index (χ3v) is 2.02. The van der Waals surface area contributed by atoms with Crippen molar-refractivity contribution in [1.82, 2.24) is 0 Å². The van der Waals surface area contributed by atoms with Gasteiger partial charge in [-0.1, -0.05) is 36.9 Å². The Balaban J connectivity index is 2.89. The van der Waals surface area contributed by atoms with Gasteiger partial charge in [-0.3, -0.25) is 4.99 Å². The Morgan fingerprint density at radius 3 is 2.40 bits per heavy atom. The van der Waals surface area contributed by atoms with Crippen LogP contribution in [0.25, 0.3) is 5.70 Å². The molecule has 0 bridgehead atoms. The van der Waals surface area contributed by atoms with E-state index in [4.69, 9.17) is 5.73 Å². The highest BCUT2D eigenvalue weighted by molar-refractivity contribution is 6.40. The summed E-state index contributed by atoms with van der Waals surface area (Å²) in [7, 11) is 1.64. The molecule has 0 saturated carbocycles. The molecule has 0 unspecified atom stereocenters. The lowest BCUT2D eigenvalue weighted by molar-refractivity contribution is 1.41. The number of benzene rings is 1. The van der Waals surface area contributed by atoms with Gasteiger partial charge in [-0.05, 0) is 12.5 Å². The molecule has 15 heavy (non-hydrogen) atoms. The standard InChI is InChI=1S/C12H15N3/c1-9(11-7-5-4-6-8-11)15-10(2)12(13)14-3/h4-8H,1H2,2-3H3,(H2,13,14). The molecule has 0 radical (unpaired) electrons. The van der Waals surface area contributed by atoms with Crippen molar-refractivity contribution in [2.24, 2.45) is 15.7 Å². The first-order valence-corrected chi connectivity index (χ1v) is 4.67. The second-order valence-corrected chi connectivity index (χ2v) is 3.12. The minimum absolute atomic E-state index is 0.437. The van der Waals surface area contributed by atoms with Crippen LogP contribution in [0.5, 0.6) is 0 Å². The largest absolute Gasteiger partial charge is 0.382 e. The van der Waals surface area contributed by atoms with E-state index in [2.05, 4.69) is 16.6 Å². The smallest absolute Gasteiger partial charge is 0.139 e. The van der Waals surface area contributed by atoms with Gasteiger partial charge in [-0.15, -0.1) is 0 Å². The highest BCUT2D eigenvalue weighted by atomic mass is 14.9. The number of aliphatic imine (C=N–C) groups is 2. The average molecular weight is 201 g/mol. The molecule has 0 aliphatic rings. The zero-order valence-corrected chi connectivity index (χ0v) is 9.07. The molecule has 0 fully saturated rings. The van der Waals surface area contributed by atoms with Gasteiger partial charge in [0.15, 0.2) is 0 Å². The predicted octanol–water partition coefficient (Wildman–Crippen LogP) is 2.11. The van der Waals surface area contributed by atoms with Crippen molar-refractivity contribution >= 4 is 17.2 Å². The number of amidine groups is 1. The summed E-state index contributed by atoms with van der Waals surface area (Å²) in [5.41, 5.74) is 7.99. The summed E-state index contributed by atoms with van der Waals surface area (Å²) in [5.74, 6) is 0.437.